The van der Waals surface area contributed by atoms with Gasteiger partial charge >= 0.3 is 12.1 Å². The predicted molar refractivity (Wildman–Crippen MR) is 182 cm³/mol. The highest BCUT2D eigenvalue weighted by Gasteiger charge is 2.61. The first kappa shape index (κ1) is 34.3. The molecule has 1 N–H and O–H groups in total. The molecule has 3 aliphatic heterocycles. The Hall–Kier alpha value is -3.81. The molecule has 6 rings (SSSR count). The van der Waals surface area contributed by atoms with Crippen molar-refractivity contribution in [2.75, 3.05) is 6.54 Å². The van der Waals surface area contributed by atoms with E-state index in [-0.39, 0.29) is 64.6 Å². The number of sulfonamides is 1. The van der Waals surface area contributed by atoms with E-state index in [0.29, 0.717) is 24.0 Å². The number of ketones is 1. The molecule has 0 aromatic heterocycles. The second kappa shape index (κ2) is 14.3. The van der Waals surface area contributed by atoms with Crippen LogP contribution in [0.2, 0.25) is 0 Å². The second-order valence-electron chi connectivity index (χ2n) is 15.5. The number of esters is 1. The molecule has 3 heterocycles. The zero-order valence-electron chi connectivity index (χ0n) is 31.3. The van der Waals surface area contributed by atoms with Crippen LogP contribution < -0.4 is 4.72 Å². The van der Waals surface area contributed by atoms with Gasteiger partial charge in [-0.15, -0.1) is 0 Å². The van der Waals surface area contributed by atoms with E-state index in [0.717, 1.165) is 0 Å². The molecule has 1 saturated heterocycles. The Labute approximate surface area is 301 Å². The Balaban J connectivity index is 1.28. The van der Waals surface area contributed by atoms with Crippen LogP contribution in [0.25, 0.3) is 0 Å². The van der Waals surface area contributed by atoms with Crippen molar-refractivity contribution < 1.29 is 49.0 Å². The lowest BCUT2D eigenvalue weighted by Gasteiger charge is -2.29. The smallest absolute Gasteiger partial charge is 0.410 e. The number of allylic oxidation sites excluding steroid dienone is 2. The van der Waals surface area contributed by atoms with Crippen LogP contribution in [0.5, 0.6) is 0 Å². The molecule has 2 saturated carbocycles. The molecule has 2 aliphatic carbocycles. The van der Waals surface area contributed by atoms with Gasteiger partial charge in [-0.05, 0) is 76.8 Å². The molecule has 51 heavy (non-hydrogen) atoms. The van der Waals surface area contributed by atoms with Gasteiger partial charge in [-0.1, -0.05) is 37.1 Å². The van der Waals surface area contributed by atoms with Crippen LogP contribution in [0.1, 0.15) is 105 Å². The summed E-state index contributed by atoms with van der Waals surface area (Å²) in [5, 5.41) is -0.680. The lowest BCUT2D eigenvalue weighted by Crippen LogP contribution is -2.46. The Bertz CT molecular complexity index is 1810. The van der Waals surface area contributed by atoms with Gasteiger partial charge in [0, 0.05) is 33.6 Å². The van der Waals surface area contributed by atoms with Crippen molar-refractivity contribution in [1.29, 1.82) is 0 Å². The quantitative estimate of drug-likeness (QED) is 0.324. The van der Waals surface area contributed by atoms with Gasteiger partial charge in [-0.3, -0.25) is 28.8 Å². The normalized spacial score (nSPS) is 30.7. The fraction of sp³-hybridized carbons (Fsp3) is 0.649. The monoisotopic (exact) mass is 731 g/mol. The van der Waals surface area contributed by atoms with Gasteiger partial charge in [0.05, 0.1) is 36.2 Å². The fourth-order valence-corrected chi connectivity index (χ4v) is 8.82. The number of benzene rings is 1. The number of nitrogens with zero attached hydrogens (tertiary/aromatic N) is 2. The molecule has 3 amide bonds. The maximum absolute atomic E-state index is 14.4. The van der Waals surface area contributed by atoms with Gasteiger partial charge in [0.1, 0.15) is 17.5 Å². The number of ether oxygens (including phenoxy) is 2. The Morgan fingerprint density at radius 1 is 1.12 bits per heavy atom. The molecule has 5 aliphatic rings. The molecule has 3 fully saturated rings. The minimum absolute atomic E-state index is 0.00324. The predicted octanol–water partition coefficient (Wildman–Crippen LogP) is 4.69. The molecule has 1 aromatic rings. The van der Waals surface area contributed by atoms with Crippen molar-refractivity contribution in [2.24, 2.45) is 17.3 Å². The van der Waals surface area contributed by atoms with E-state index in [1.54, 1.807) is 45.1 Å². The largest absolute Gasteiger partial charge is 0.460 e. The van der Waals surface area contributed by atoms with E-state index >= 15 is 0 Å². The molecule has 12 nitrogen and oxygen atoms in total. The lowest BCUT2D eigenvalue weighted by atomic mass is 9.90. The lowest BCUT2D eigenvalue weighted by molar-refractivity contribution is -0.159. The van der Waals surface area contributed by atoms with Crippen molar-refractivity contribution in [3.63, 3.8) is 0 Å². The summed E-state index contributed by atoms with van der Waals surface area (Å²) in [5.41, 5.74) is -1.26. The Kier molecular flexibility index (Phi) is 9.62. The number of hydrogen-bond acceptors (Lipinski definition) is 9. The number of nitrogens with one attached hydrogen (secondary N) is 1. The third kappa shape index (κ3) is 8.47. The molecule has 5 atom stereocenters. The van der Waals surface area contributed by atoms with Gasteiger partial charge in [-0.2, -0.15) is 0 Å². The maximum atomic E-state index is 14.4. The summed E-state index contributed by atoms with van der Waals surface area (Å²) in [6.45, 7) is 4.99. The summed E-state index contributed by atoms with van der Waals surface area (Å²) in [6, 6.07) is 3.41. The van der Waals surface area contributed by atoms with Gasteiger partial charge in [0.15, 0.2) is 5.78 Å². The van der Waals surface area contributed by atoms with E-state index in [2.05, 4.69) is 4.72 Å². The third-order valence-electron chi connectivity index (χ3n) is 10.4. The molecule has 0 bridgehead atoms. The number of carbonyl (C=O) groups is 5. The standard InChI is InChI=1S/C37H48FN3O9S/c1-36(2,3)50-32(43)16-23-10-7-5-4-6-8-12-25-18-37(25,34(45)39-51(47,48)27-14-15-27)19-31(42)30-17-26(21-41(30)33(23)44)49-35(46)40-20-24-11-9-13-29(38)28(24)22-40/h8-9,11-13,23,25-27,30H,4-7,10,14-22H2,1-3H3,(H,39,45)/b12-8-/t23-,25-,26-,30+,37-/m1/s1/i4D2. The minimum Gasteiger partial charge on any atom is -0.460 e. The summed E-state index contributed by atoms with van der Waals surface area (Å²) in [4.78, 5) is 71.5. The summed E-state index contributed by atoms with van der Waals surface area (Å²) >= 11 is 0. The second-order valence-corrected chi connectivity index (χ2v) is 17.5. The SMILES string of the molecule is [2H]C1([2H])C/C=C\[C@@H]2C[C@@]2(C(=O)NS(=O)(=O)C2CC2)CC(=O)[C@@H]2C[C@@H](OC(=O)N3Cc4cccc(F)c4C3)CN2C(=O)[C@@H](CC(=O)OC(C)(C)C)CCC1. The van der Waals surface area contributed by atoms with E-state index in [1.807, 2.05) is 0 Å². The van der Waals surface area contributed by atoms with Crippen molar-refractivity contribution >= 4 is 39.7 Å². The number of Topliss-reactive ketones (excluding diaryl/α,β-unsaturated/α-hetero) is 1. The van der Waals surface area contributed by atoms with Crippen LogP contribution in [0, 0.1) is 23.1 Å². The summed E-state index contributed by atoms with van der Waals surface area (Å²) < 4.78 is 70.7. The van der Waals surface area contributed by atoms with Gasteiger partial charge in [0.2, 0.25) is 21.8 Å². The van der Waals surface area contributed by atoms with Crippen LogP contribution in [-0.2, 0) is 51.8 Å². The average Bonchev–Trinajstić information content (AvgIpc) is 3.93. The maximum Gasteiger partial charge on any atom is 0.410 e. The zero-order valence-corrected chi connectivity index (χ0v) is 30.1. The van der Waals surface area contributed by atoms with Crippen molar-refractivity contribution in [3.05, 3.63) is 47.3 Å². The topological polar surface area (TPSA) is 156 Å². The molecular weight excluding hydrogens is 681 g/mol. The number of halogens is 1. The number of hydrogen-bond donors (Lipinski definition) is 1. The van der Waals surface area contributed by atoms with E-state index in [9.17, 15) is 36.8 Å². The van der Waals surface area contributed by atoms with Crippen LogP contribution in [0.15, 0.2) is 30.4 Å². The number of carbonyl (C=O) groups excluding carboxylic acids is 5. The van der Waals surface area contributed by atoms with Gasteiger partial charge < -0.3 is 14.4 Å². The van der Waals surface area contributed by atoms with E-state index < -0.39 is 98.5 Å². The molecule has 14 heteroatoms. The molecule has 278 valence electrons. The minimum atomic E-state index is -3.95. The van der Waals surface area contributed by atoms with Crippen LogP contribution in [0.4, 0.5) is 9.18 Å². The van der Waals surface area contributed by atoms with Crippen molar-refractivity contribution in [3.8, 4) is 0 Å². The number of amides is 3. The third-order valence-corrected chi connectivity index (χ3v) is 12.2. The molecule has 0 radical (unpaired) electrons. The first-order valence-electron chi connectivity index (χ1n) is 18.8. The highest BCUT2D eigenvalue weighted by molar-refractivity contribution is 7.90. The first-order valence-corrected chi connectivity index (χ1v) is 19.3. The highest BCUT2D eigenvalue weighted by atomic mass is 32.2. The summed E-state index contributed by atoms with van der Waals surface area (Å²) in [5.74, 6) is -4.53. The molecule has 1 aromatic carbocycles. The van der Waals surface area contributed by atoms with Crippen LogP contribution in [-0.4, -0.2) is 77.4 Å². The van der Waals surface area contributed by atoms with E-state index in [4.69, 9.17) is 12.2 Å². The first-order chi connectivity index (χ1) is 24.8. The summed E-state index contributed by atoms with van der Waals surface area (Å²) in [7, 11) is -3.95. The zero-order chi connectivity index (χ0) is 38.5. The Morgan fingerprint density at radius 2 is 1.88 bits per heavy atom. The molecule has 0 spiro atoms. The average molecular weight is 732 g/mol. The number of fused-ring (bicyclic) bond motifs is 3. The van der Waals surface area contributed by atoms with Gasteiger partial charge in [-0.25, -0.2) is 17.6 Å². The van der Waals surface area contributed by atoms with Gasteiger partial charge in [0.25, 0.3) is 0 Å². The molecular formula is C37H48FN3O9S. The molecule has 0 unspecified atom stereocenters. The van der Waals surface area contributed by atoms with Crippen LogP contribution in [0.3, 0.4) is 0 Å². The van der Waals surface area contributed by atoms with Crippen molar-refractivity contribution in [2.45, 2.75) is 127 Å². The van der Waals surface area contributed by atoms with E-state index in [1.165, 1.54) is 15.9 Å². The fourth-order valence-electron chi connectivity index (χ4n) is 7.43. The summed E-state index contributed by atoms with van der Waals surface area (Å²) in [6.07, 6.45) is 0.458. The highest BCUT2D eigenvalue weighted by Crippen LogP contribution is 2.57. The number of rotatable bonds is 6. The van der Waals surface area contributed by atoms with Crippen LogP contribution >= 0.6 is 0 Å². The Morgan fingerprint density at radius 3 is 2.59 bits per heavy atom. The van der Waals surface area contributed by atoms with Crippen molar-refractivity contribution in [1.82, 2.24) is 14.5 Å².